The SMILES string of the molecule is CCCc1c(Cl)ncnc1OC1CCOC1. The quantitative estimate of drug-likeness (QED) is 0.760. The van der Waals surface area contributed by atoms with Gasteiger partial charge in [-0.15, -0.1) is 0 Å². The number of hydrogen-bond donors (Lipinski definition) is 0. The molecule has 5 heteroatoms. The fourth-order valence-corrected chi connectivity index (χ4v) is 1.92. The largest absolute Gasteiger partial charge is 0.471 e. The molecule has 0 bridgehead atoms. The predicted octanol–water partition coefficient (Wildman–Crippen LogP) is 2.25. The predicted molar refractivity (Wildman–Crippen MR) is 60.9 cm³/mol. The third-order valence-corrected chi connectivity index (χ3v) is 2.85. The van der Waals surface area contributed by atoms with Crippen LogP contribution < -0.4 is 4.74 Å². The molecule has 4 nitrogen and oxygen atoms in total. The maximum absolute atomic E-state index is 6.03. The number of rotatable bonds is 4. The van der Waals surface area contributed by atoms with Crippen LogP contribution in [-0.4, -0.2) is 29.3 Å². The van der Waals surface area contributed by atoms with Crippen molar-refractivity contribution in [2.45, 2.75) is 32.3 Å². The topological polar surface area (TPSA) is 44.2 Å². The number of hydrogen-bond acceptors (Lipinski definition) is 4. The maximum atomic E-state index is 6.03. The van der Waals surface area contributed by atoms with Gasteiger partial charge in [0.25, 0.3) is 0 Å². The highest BCUT2D eigenvalue weighted by atomic mass is 35.5. The second-order valence-corrected chi connectivity index (χ2v) is 4.16. The van der Waals surface area contributed by atoms with Gasteiger partial charge in [0, 0.05) is 6.42 Å². The third kappa shape index (κ3) is 2.62. The first kappa shape index (κ1) is 11.6. The van der Waals surface area contributed by atoms with Crippen LogP contribution in [0.2, 0.25) is 5.15 Å². The highest BCUT2D eigenvalue weighted by Gasteiger charge is 2.20. The van der Waals surface area contributed by atoms with Gasteiger partial charge in [0.2, 0.25) is 5.88 Å². The lowest BCUT2D eigenvalue weighted by Gasteiger charge is -2.14. The Kier molecular flexibility index (Phi) is 3.96. The lowest BCUT2D eigenvalue weighted by atomic mass is 10.2. The summed E-state index contributed by atoms with van der Waals surface area (Å²) in [7, 11) is 0. The smallest absolute Gasteiger partial charge is 0.221 e. The van der Waals surface area contributed by atoms with E-state index in [4.69, 9.17) is 21.1 Å². The van der Waals surface area contributed by atoms with Crippen molar-refractivity contribution in [3.8, 4) is 5.88 Å². The average molecular weight is 243 g/mol. The Morgan fingerprint density at radius 1 is 1.56 bits per heavy atom. The van der Waals surface area contributed by atoms with E-state index >= 15 is 0 Å². The normalized spacial score (nSPS) is 20.0. The summed E-state index contributed by atoms with van der Waals surface area (Å²) < 4.78 is 11.0. The molecule has 0 amide bonds. The highest BCUT2D eigenvalue weighted by molar-refractivity contribution is 6.30. The van der Waals surface area contributed by atoms with Crippen LogP contribution in [0.15, 0.2) is 6.33 Å². The second kappa shape index (κ2) is 5.46. The number of nitrogens with zero attached hydrogens (tertiary/aromatic N) is 2. The molecule has 88 valence electrons. The van der Waals surface area contributed by atoms with E-state index in [0.29, 0.717) is 17.6 Å². The van der Waals surface area contributed by atoms with Crippen LogP contribution in [0.4, 0.5) is 0 Å². The molecule has 16 heavy (non-hydrogen) atoms. The van der Waals surface area contributed by atoms with E-state index in [1.807, 2.05) is 0 Å². The van der Waals surface area contributed by atoms with Crippen molar-refractivity contribution in [2.75, 3.05) is 13.2 Å². The van der Waals surface area contributed by atoms with Crippen molar-refractivity contribution in [1.29, 1.82) is 0 Å². The van der Waals surface area contributed by atoms with Crippen molar-refractivity contribution in [2.24, 2.45) is 0 Å². The summed E-state index contributed by atoms with van der Waals surface area (Å²) in [6.07, 6.45) is 4.27. The molecular formula is C11H15ClN2O2. The van der Waals surface area contributed by atoms with E-state index in [2.05, 4.69) is 16.9 Å². The molecule has 1 aromatic heterocycles. The van der Waals surface area contributed by atoms with Crippen LogP contribution in [-0.2, 0) is 11.2 Å². The van der Waals surface area contributed by atoms with Gasteiger partial charge in [-0.05, 0) is 6.42 Å². The molecule has 2 heterocycles. The maximum Gasteiger partial charge on any atom is 0.221 e. The van der Waals surface area contributed by atoms with Crippen molar-refractivity contribution in [3.63, 3.8) is 0 Å². The van der Waals surface area contributed by atoms with Crippen LogP contribution >= 0.6 is 11.6 Å². The van der Waals surface area contributed by atoms with Gasteiger partial charge in [-0.1, -0.05) is 24.9 Å². The molecule has 0 aromatic carbocycles. The summed E-state index contributed by atoms with van der Waals surface area (Å²) in [6, 6.07) is 0. The molecule has 1 atom stereocenters. The Balaban J connectivity index is 2.14. The van der Waals surface area contributed by atoms with Gasteiger partial charge in [0.1, 0.15) is 17.6 Å². The summed E-state index contributed by atoms with van der Waals surface area (Å²) in [5, 5.41) is 0.491. The molecule has 0 radical (unpaired) electrons. The minimum atomic E-state index is 0.0987. The van der Waals surface area contributed by atoms with E-state index in [0.717, 1.165) is 31.4 Å². The zero-order chi connectivity index (χ0) is 11.4. The zero-order valence-corrected chi connectivity index (χ0v) is 10.0. The van der Waals surface area contributed by atoms with Gasteiger partial charge < -0.3 is 9.47 Å². The molecule has 0 saturated carbocycles. The van der Waals surface area contributed by atoms with Gasteiger partial charge in [-0.3, -0.25) is 0 Å². The van der Waals surface area contributed by atoms with Crippen molar-refractivity contribution >= 4 is 11.6 Å². The minimum absolute atomic E-state index is 0.0987. The summed E-state index contributed by atoms with van der Waals surface area (Å²) in [5.41, 5.74) is 0.901. The summed E-state index contributed by atoms with van der Waals surface area (Å²) in [4.78, 5) is 8.12. The van der Waals surface area contributed by atoms with Gasteiger partial charge in [-0.25, -0.2) is 9.97 Å². The van der Waals surface area contributed by atoms with Crippen LogP contribution in [0, 0.1) is 0 Å². The summed E-state index contributed by atoms with van der Waals surface area (Å²) >= 11 is 6.03. The van der Waals surface area contributed by atoms with Crippen LogP contribution in [0.25, 0.3) is 0 Å². The molecule has 2 rings (SSSR count). The molecular weight excluding hydrogens is 228 g/mol. The van der Waals surface area contributed by atoms with Crippen LogP contribution in [0.5, 0.6) is 5.88 Å². The zero-order valence-electron chi connectivity index (χ0n) is 9.28. The van der Waals surface area contributed by atoms with E-state index in [1.165, 1.54) is 6.33 Å². The number of ether oxygens (including phenoxy) is 2. The molecule has 1 aliphatic heterocycles. The first-order valence-electron chi connectivity index (χ1n) is 5.55. The summed E-state index contributed by atoms with van der Waals surface area (Å²) in [6.45, 7) is 3.48. The molecule has 1 fully saturated rings. The standard InChI is InChI=1S/C11H15ClN2O2/c1-2-3-9-10(12)13-7-14-11(9)16-8-4-5-15-6-8/h7-8H,2-6H2,1H3. The Labute approximate surface area is 99.9 Å². The molecule has 1 aliphatic rings. The second-order valence-electron chi connectivity index (χ2n) is 3.80. The van der Waals surface area contributed by atoms with E-state index < -0.39 is 0 Å². The Morgan fingerprint density at radius 3 is 3.12 bits per heavy atom. The Morgan fingerprint density at radius 2 is 2.44 bits per heavy atom. The average Bonchev–Trinajstić information content (AvgIpc) is 2.76. The molecule has 1 unspecified atom stereocenters. The van der Waals surface area contributed by atoms with Gasteiger partial charge >= 0.3 is 0 Å². The van der Waals surface area contributed by atoms with Crippen LogP contribution in [0.1, 0.15) is 25.3 Å². The fourth-order valence-electron chi connectivity index (χ4n) is 1.70. The van der Waals surface area contributed by atoms with E-state index in [1.54, 1.807) is 0 Å². The molecule has 0 N–H and O–H groups in total. The first-order valence-corrected chi connectivity index (χ1v) is 5.92. The van der Waals surface area contributed by atoms with Crippen molar-refractivity contribution in [3.05, 3.63) is 17.0 Å². The lowest BCUT2D eigenvalue weighted by molar-refractivity contribution is 0.137. The molecule has 0 aliphatic carbocycles. The van der Waals surface area contributed by atoms with Crippen molar-refractivity contribution < 1.29 is 9.47 Å². The first-order chi connectivity index (χ1) is 7.81. The third-order valence-electron chi connectivity index (χ3n) is 2.52. The fraction of sp³-hybridized carbons (Fsp3) is 0.636. The monoisotopic (exact) mass is 242 g/mol. The molecule has 0 spiro atoms. The van der Waals surface area contributed by atoms with Gasteiger partial charge in [0.05, 0.1) is 18.8 Å². The highest BCUT2D eigenvalue weighted by Crippen LogP contribution is 2.25. The van der Waals surface area contributed by atoms with E-state index in [-0.39, 0.29) is 6.10 Å². The summed E-state index contributed by atoms with van der Waals surface area (Å²) in [5.74, 6) is 0.609. The van der Waals surface area contributed by atoms with E-state index in [9.17, 15) is 0 Å². The number of halogens is 1. The Bertz CT molecular complexity index is 354. The van der Waals surface area contributed by atoms with Crippen molar-refractivity contribution in [1.82, 2.24) is 9.97 Å². The molecule has 1 saturated heterocycles. The van der Waals surface area contributed by atoms with Gasteiger partial charge in [0.15, 0.2) is 0 Å². The lowest BCUT2D eigenvalue weighted by Crippen LogP contribution is -2.17. The minimum Gasteiger partial charge on any atom is -0.471 e. The molecule has 1 aromatic rings. The number of aromatic nitrogens is 2. The van der Waals surface area contributed by atoms with Crippen LogP contribution in [0.3, 0.4) is 0 Å². The van der Waals surface area contributed by atoms with Gasteiger partial charge in [-0.2, -0.15) is 0 Å². The Hall–Kier alpha value is -0.870.